The average molecular weight is 1310 g/mol. The Balaban J connectivity index is 0.665. The lowest BCUT2D eigenvalue weighted by molar-refractivity contribution is -0.261. The van der Waals surface area contributed by atoms with Crippen LogP contribution in [0.5, 0.6) is 5.75 Å². The number of hydrogen-bond acceptors (Lipinski definition) is 17. The molecule has 2 aliphatic heterocycles. The van der Waals surface area contributed by atoms with Gasteiger partial charge in [0.05, 0.1) is 39.4 Å². The molecule has 22 heteroatoms. The Morgan fingerprint density at radius 3 is 1.79 bits per heavy atom. The predicted octanol–water partition coefficient (Wildman–Crippen LogP) is 10.5. The van der Waals surface area contributed by atoms with E-state index in [0.717, 1.165) is 61.2 Å². The van der Waals surface area contributed by atoms with Crippen LogP contribution in [0.3, 0.4) is 0 Å². The molecular weight excluding hydrogens is 1230 g/mol. The van der Waals surface area contributed by atoms with E-state index in [1.54, 1.807) is 55.2 Å². The molecule has 4 amide bonds. The van der Waals surface area contributed by atoms with Crippen molar-refractivity contribution in [1.29, 1.82) is 0 Å². The van der Waals surface area contributed by atoms with Crippen LogP contribution < -0.4 is 10.1 Å². The number of fused-ring (bicyclic) bond motifs is 7. The second-order valence-corrected chi connectivity index (χ2v) is 24.9. The van der Waals surface area contributed by atoms with Crippen molar-refractivity contribution in [2.75, 3.05) is 78.7 Å². The highest BCUT2D eigenvalue weighted by Crippen LogP contribution is 2.46. The van der Waals surface area contributed by atoms with Crippen LogP contribution in [0.15, 0.2) is 140 Å². The number of amides is 4. The van der Waals surface area contributed by atoms with Crippen molar-refractivity contribution in [3.8, 4) is 28.0 Å². The number of nitrogens with zero attached hydrogens (tertiary/aromatic N) is 6. The van der Waals surface area contributed by atoms with Crippen LogP contribution in [0.1, 0.15) is 98.7 Å². The van der Waals surface area contributed by atoms with E-state index in [2.05, 4.69) is 53.8 Å². The lowest BCUT2D eigenvalue weighted by atomic mass is 9.88. The van der Waals surface area contributed by atoms with Crippen molar-refractivity contribution in [3.63, 3.8) is 0 Å². The van der Waals surface area contributed by atoms with Crippen LogP contribution in [0.2, 0.25) is 0 Å². The van der Waals surface area contributed by atoms with Gasteiger partial charge in [-0.25, -0.2) is 24.6 Å². The van der Waals surface area contributed by atoms with E-state index in [4.69, 9.17) is 42.9 Å². The largest absolute Gasteiger partial charge is 0.460 e. The maximum absolute atomic E-state index is 14.4. The maximum atomic E-state index is 14.4. The quantitative estimate of drug-likeness (QED) is 0.0230. The molecule has 0 unspecified atom stereocenters. The first kappa shape index (κ1) is 67.9. The lowest BCUT2D eigenvalue weighted by Gasteiger charge is -2.43. The Labute approximate surface area is 558 Å². The summed E-state index contributed by atoms with van der Waals surface area (Å²) in [5.74, 6) is -2.60. The molecular formula is C74H83N7O15. The van der Waals surface area contributed by atoms with Gasteiger partial charge in [0.1, 0.15) is 30.7 Å². The third kappa shape index (κ3) is 15.6. The number of aryl methyl sites for hydroxylation is 2. The van der Waals surface area contributed by atoms with Crippen LogP contribution in [0.25, 0.3) is 33.3 Å². The number of hydrogen-bond donors (Lipinski definition) is 1. The molecule has 0 spiro atoms. The summed E-state index contributed by atoms with van der Waals surface area (Å²) in [5, 5.41) is 7.03. The van der Waals surface area contributed by atoms with Crippen LogP contribution in [0, 0.1) is 12.8 Å². The van der Waals surface area contributed by atoms with Crippen LogP contribution >= 0.6 is 0 Å². The van der Waals surface area contributed by atoms with Gasteiger partial charge >= 0.3 is 24.1 Å². The first-order valence-corrected chi connectivity index (χ1v) is 32.8. The Morgan fingerprint density at radius 1 is 0.646 bits per heavy atom. The molecule has 0 bridgehead atoms. The van der Waals surface area contributed by atoms with Gasteiger partial charge in [-0.1, -0.05) is 110 Å². The van der Waals surface area contributed by atoms with Crippen LogP contribution in [-0.4, -0.2) is 175 Å². The van der Waals surface area contributed by atoms with Gasteiger partial charge in [-0.2, -0.15) is 0 Å². The summed E-state index contributed by atoms with van der Waals surface area (Å²) >= 11 is 0. The van der Waals surface area contributed by atoms with E-state index in [1.165, 1.54) is 25.8 Å². The number of hydrazine groups is 1. The molecule has 2 aromatic heterocycles. The minimum Gasteiger partial charge on any atom is -0.460 e. The van der Waals surface area contributed by atoms with Gasteiger partial charge in [0.15, 0.2) is 11.9 Å². The number of carbonyl (C=O) groups excluding carboxylic acids is 7. The number of carbonyl (C=O) groups is 7. The van der Waals surface area contributed by atoms with Crippen molar-refractivity contribution >= 4 is 58.4 Å². The molecule has 5 atom stereocenters. The Bertz CT molecular complexity index is 3890. The smallest absolute Gasteiger partial charge is 0.424 e. The normalized spacial score (nSPS) is 18.2. The van der Waals surface area contributed by atoms with Crippen molar-refractivity contribution in [1.82, 2.24) is 29.4 Å². The molecule has 2 aliphatic carbocycles. The van der Waals surface area contributed by atoms with E-state index in [1.807, 2.05) is 83.2 Å². The number of likely N-dealkylation sites (tertiary alicyclic amines) is 1. The van der Waals surface area contributed by atoms with Crippen LogP contribution in [0.4, 0.5) is 15.3 Å². The van der Waals surface area contributed by atoms with Gasteiger partial charge in [-0.05, 0) is 101 Å². The number of nitrogens with one attached hydrogen (secondary N) is 1. The Morgan fingerprint density at radius 2 is 1.21 bits per heavy atom. The number of benzene rings is 5. The molecule has 22 nitrogen and oxygen atoms in total. The second kappa shape index (κ2) is 30.9. The zero-order valence-corrected chi connectivity index (χ0v) is 55.3. The van der Waals surface area contributed by atoms with Gasteiger partial charge in [0.25, 0.3) is 0 Å². The Kier molecular flexibility index (Phi) is 21.9. The van der Waals surface area contributed by atoms with Crippen molar-refractivity contribution < 1.29 is 71.5 Å². The summed E-state index contributed by atoms with van der Waals surface area (Å²) in [6.45, 7) is 9.93. The second-order valence-electron chi connectivity index (χ2n) is 24.9. The molecule has 96 heavy (non-hydrogen) atoms. The highest BCUT2D eigenvalue weighted by Gasteiger charge is 2.51. The fourth-order valence-electron chi connectivity index (χ4n) is 13.6. The molecule has 5 aromatic carbocycles. The fraction of sp³-hybridized carbons (Fsp3) is 0.405. The predicted molar refractivity (Wildman–Crippen MR) is 356 cm³/mol. The first-order valence-electron chi connectivity index (χ1n) is 32.8. The number of pyridine rings is 1. The highest BCUT2D eigenvalue weighted by atomic mass is 16.7. The number of ketones is 1. The standard InChI is InChI=1S/C74H83N7O15/c1-46-26-27-52(42-65(46)95-72-70(94-50(5)84)69(93-49(4)83)47(2)68(96-72)48(3)82)76-66(85)31-37-89-39-40-90-38-36-81(74(88)92-45-64-61-24-14-10-20-57(61)58-21-11-15-25-62(58)64)53-28-33-79(34-29-53)67(86)30-35-80-54(41-51-17-16-32-75-71(51)80)43-77(6)78(7)73(87)91-44-63-59-22-12-8-18-55(59)56-19-9-13-23-60(56)63/h8-27,32,41-42,47,53,63-64,68-70,72H,28-31,33-40,43-45H2,1-7H3,(H,76,85)/t47-,68+,69+,70-,72-/m1/s1. The van der Waals surface area contributed by atoms with Gasteiger partial charge < -0.3 is 57.6 Å². The molecule has 0 radical (unpaired) electrons. The summed E-state index contributed by atoms with van der Waals surface area (Å²) in [4.78, 5) is 101. The maximum Gasteiger partial charge on any atom is 0.424 e. The van der Waals surface area contributed by atoms with E-state index in [0.29, 0.717) is 50.3 Å². The molecule has 2 saturated heterocycles. The first-order chi connectivity index (χ1) is 46.4. The van der Waals surface area contributed by atoms with E-state index in [-0.39, 0.29) is 100 Å². The Hall–Kier alpha value is -9.48. The topological polar surface area (TPSA) is 236 Å². The monoisotopic (exact) mass is 1310 g/mol. The third-order valence-corrected chi connectivity index (χ3v) is 18.5. The van der Waals surface area contributed by atoms with Crippen molar-refractivity contribution in [3.05, 3.63) is 173 Å². The number of rotatable bonds is 26. The summed E-state index contributed by atoms with van der Waals surface area (Å²) < 4.78 is 49.5. The number of piperidine rings is 1. The van der Waals surface area contributed by atoms with Gasteiger partial charge in [0.2, 0.25) is 24.2 Å². The van der Waals surface area contributed by atoms with E-state index in [9.17, 15) is 33.6 Å². The van der Waals surface area contributed by atoms with E-state index >= 15 is 0 Å². The molecule has 11 rings (SSSR count). The SMILES string of the molecule is CC(=O)O[C@H]1[C@H](Oc2cc(NC(=O)CCOCCOCCN(C(=O)OCC3c4ccccc4-c4ccccc43)C3CCN(C(=O)CCn4c(CN(C)N(C)C(=O)OCC5c6ccccc6-c6ccccc65)cc5cccnc54)CC3)ccc2C)O[C@H](C(C)=O)[C@@H](C)[C@@H]1OC(C)=O. The summed E-state index contributed by atoms with van der Waals surface area (Å²) in [7, 11) is 3.52. The summed E-state index contributed by atoms with van der Waals surface area (Å²) in [6, 6.07) is 43.5. The number of ether oxygens (including phenoxy) is 8. The number of aromatic nitrogens is 2. The van der Waals surface area contributed by atoms with Gasteiger partial charge in [0, 0.05) is 113 Å². The number of Topliss-reactive ketones (excluding diaryl/α,β-unsaturated/α-hetero) is 1. The minimum atomic E-state index is -1.33. The minimum absolute atomic E-state index is 0.00771. The lowest BCUT2D eigenvalue weighted by Crippen LogP contribution is -2.59. The average Bonchev–Trinajstić information content (AvgIpc) is 1.54. The van der Waals surface area contributed by atoms with Crippen molar-refractivity contribution in [2.45, 2.75) is 116 Å². The molecule has 2 fully saturated rings. The highest BCUT2D eigenvalue weighted by molar-refractivity contribution is 5.91. The molecule has 1 N–H and O–H groups in total. The number of esters is 2. The molecule has 7 aromatic rings. The van der Waals surface area contributed by atoms with Gasteiger partial charge in [-0.15, -0.1) is 0 Å². The summed E-state index contributed by atoms with van der Waals surface area (Å²) in [6.07, 6.45) is -2.56. The number of anilines is 1. The molecule has 0 saturated carbocycles. The van der Waals surface area contributed by atoms with E-state index < -0.39 is 54.6 Å². The van der Waals surface area contributed by atoms with Crippen LogP contribution in [-0.2, 0) is 70.2 Å². The molecule has 4 aliphatic rings. The van der Waals surface area contributed by atoms with Gasteiger partial charge in [-0.3, -0.25) is 24.0 Å². The summed E-state index contributed by atoms with van der Waals surface area (Å²) in [5.41, 5.74) is 11.7. The third-order valence-electron chi connectivity index (χ3n) is 18.5. The molecule has 4 heterocycles. The van der Waals surface area contributed by atoms with Crippen molar-refractivity contribution in [2.24, 2.45) is 5.92 Å². The zero-order valence-electron chi connectivity index (χ0n) is 55.3. The molecule has 504 valence electrons. The fourth-order valence-corrected chi connectivity index (χ4v) is 13.6. The zero-order chi connectivity index (χ0) is 67.6.